The van der Waals surface area contributed by atoms with Crippen LogP contribution in [0.25, 0.3) is 28.4 Å². The van der Waals surface area contributed by atoms with Gasteiger partial charge >= 0.3 is 0 Å². The number of aromatic nitrogens is 3. The number of allylic oxidation sites excluding steroid dienone is 1. The number of rotatable bonds is 7. The first-order valence-corrected chi connectivity index (χ1v) is 13.3. The van der Waals surface area contributed by atoms with Gasteiger partial charge in [0.2, 0.25) is 5.88 Å². The van der Waals surface area contributed by atoms with Gasteiger partial charge in [-0.3, -0.25) is 0 Å². The normalized spacial score (nSPS) is 11.0. The summed E-state index contributed by atoms with van der Waals surface area (Å²) < 4.78 is 5.54. The molecule has 4 aromatic rings. The van der Waals surface area contributed by atoms with Gasteiger partial charge in [-0.25, -0.2) is 15.0 Å². The van der Waals surface area contributed by atoms with E-state index in [1.54, 1.807) is 18.4 Å². The fourth-order valence-corrected chi connectivity index (χ4v) is 4.28. The summed E-state index contributed by atoms with van der Waals surface area (Å²) in [5.74, 6) is 0.541. The molecule has 0 saturated heterocycles. The summed E-state index contributed by atoms with van der Waals surface area (Å²) >= 11 is 1.72. The van der Waals surface area contributed by atoms with Crippen LogP contribution in [0.4, 0.5) is 0 Å². The molecular formula is C30H39N3OS. The zero-order valence-corrected chi connectivity index (χ0v) is 23.2. The second kappa shape index (κ2) is 13.7. The van der Waals surface area contributed by atoms with E-state index in [4.69, 9.17) is 9.72 Å². The molecule has 2 aromatic heterocycles. The van der Waals surface area contributed by atoms with Gasteiger partial charge in [-0.15, -0.1) is 11.3 Å². The summed E-state index contributed by atoms with van der Waals surface area (Å²) in [6, 6.07) is 16.2. The van der Waals surface area contributed by atoms with Crippen molar-refractivity contribution in [3.05, 3.63) is 76.3 Å². The fraction of sp³-hybridized carbons (Fsp3) is 0.367. The zero-order chi connectivity index (χ0) is 25.8. The van der Waals surface area contributed by atoms with E-state index in [2.05, 4.69) is 66.5 Å². The van der Waals surface area contributed by atoms with E-state index in [1.807, 2.05) is 58.0 Å². The lowest BCUT2D eigenvalue weighted by Gasteiger charge is -2.21. The number of methoxy groups -OCH3 is 1. The number of nitrogens with zero attached hydrogens (tertiary/aromatic N) is 3. The minimum absolute atomic E-state index is 0.154. The van der Waals surface area contributed by atoms with Gasteiger partial charge in [0.05, 0.1) is 28.8 Å². The first kappa shape index (κ1) is 28.2. The van der Waals surface area contributed by atoms with Crippen LogP contribution in [-0.4, -0.2) is 22.1 Å². The van der Waals surface area contributed by atoms with Gasteiger partial charge in [0, 0.05) is 10.9 Å². The molecule has 0 atom stereocenters. The Morgan fingerprint density at radius 3 is 2.23 bits per heavy atom. The Labute approximate surface area is 215 Å². The van der Waals surface area contributed by atoms with Crippen LogP contribution in [-0.2, 0) is 6.42 Å². The van der Waals surface area contributed by atoms with E-state index in [0.717, 1.165) is 45.7 Å². The maximum Gasteiger partial charge on any atom is 0.240 e. The molecule has 0 aliphatic heterocycles. The maximum absolute atomic E-state index is 5.54. The Hall–Kier alpha value is -3.05. The molecule has 0 saturated carbocycles. The van der Waals surface area contributed by atoms with Crippen molar-refractivity contribution >= 4 is 28.4 Å². The third kappa shape index (κ3) is 8.00. The number of benzene rings is 2. The van der Waals surface area contributed by atoms with Crippen molar-refractivity contribution in [3.63, 3.8) is 0 Å². The van der Waals surface area contributed by atoms with E-state index in [1.165, 1.54) is 5.69 Å². The number of para-hydroxylation sites is 2. The standard InChI is InChI=1S/C26H27N3OS.2C2H6/c1-18-27-21(17-31-18)16-26(2,3)14-8-10-19-9-7-11-20(15-19)24-25(30-4)29-23-13-6-5-12-22(23)28-24;2*1-2/h5-13,15,17H,14,16H2,1-4H3;2*1-2H3/b10-8+;;. The number of ether oxygens (including phenoxy) is 1. The predicted molar refractivity (Wildman–Crippen MR) is 152 cm³/mol. The second-order valence-electron chi connectivity index (χ2n) is 8.50. The summed E-state index contributed by atoms with van der Waals surface area (Å²) in [5, 5.41) is 3.30. The number of hydrogen-bond donors (Lipinski definition) is 0. The Morgan fingerprint density at radius 2 is 1.60 bits per heavy atom. The van der Waals surface area contributed by atoms with Crippen molar-refractivity contribution < 1.29 is 4.74 Å². The maximum atomic E-state index is 5.54. The molecule has 35 heavy (non-hydrogen) atoms. The van der Waals surface area contributed by atoms with Gasteiger partial charge in [0.25, 0.3) is 0 Å². The lowest BCUT2D eigenvalue weighted by Crippen LogP contribution is -2.14. The van der Waals surface area contributed by atoms with Gasteiger partial charge in [-0.05, 0) is 48.9 Å². The van der Waals surface area contributed by atoms with Crippen LogP contribution in [0.15, 0.2) is 60.0 Å². The highest BCUT2D eigenvalue weighted by atomic mass is 32.1. The molecule has 2 aromatic carbocycles. The summed E-state index contributed by atoms with van der Waals surface area (Å²) in [4.78, 5) is 14.1. The van der Waals surface area contributed by atoms with Crippen molar-refractivity contribution in [2.24, 2.45) is 5.41 Å². The average Bonchev–Trinajstić information content (AvgIpc) is 3.29. The molecule has 5 heteroatoms. The molecule has 4 rings (SSSR count). The quantitative estimate of drug-likeness (QED) is 0.260. The number of hydrogen-bond acceptors (Lipinski definition) is 5. The van der Waals surface area contributed by atoms with E-state index in [-0.39, 0.29) is 5.41 Å². The van der Waals surface area contributed by atoms with Gasteiger partial charge in [0.15, 0.2) is 0 Å². The summed E-state index contributed by atoms with van der Waals surface area (Å²) in [7, 11) is 1.64. The fourth-order valence-electron chi connectivity index (χ4n) is 3.67. The average molecular weight is 490 g/mol. The SMILES string of the molecule is CC.CC.COc1nc2ccccc2nc1-c1cccc(/C=C/CC(C)(C)Cc2csc(C)n2)c1. The summed E-state index contributed by atoms with van der Waals surface area (Å²) in [6.07, 6.45) is 6.39. The Kier molecular flexibility index (Phi) is 11.1. The molecule has 0 aliphatic carbocycles. The highest BCUT2D eigenvalue weighted by molar-refractivity contribution is 7.09. The van der Waals surface area contributed by atoms with E-state index in [9.17, 15) is 0 Å². The zero-order valence-electron chi connectivity index (χ0n) is 22.4. The van der Waals surface area contributed by atoms with Crippen molar-refractivity contribution in [1.82, 2.24) is 15.0 Å². The van der Waals surface area contributed by atoms with Gasteiger partial charge < -0.3 is 4.74 Å². The third-order valence-electron chi connectivity index (χ3n) is 5.20. The van der Waals surface area contributed by atoms with Crippen LogP contribution in [0.1, 0.15) is 64.2 Å². The molecule has 0 unspecified atom stereocenters. The molecule has 0 N–H and O–H groups in total. The van der Waals surface area contributed by atoms with Crippen LogP contribution in [0.2, 0.25) is 0 Å². The van der Waals surface area contributed by atoms with Crippen LogP contribution in [0, 0.1) is 12.3 Å². The minimum Gasteiger partial charge on any atom is -0.479 e. The smallest absolute Gasteiger partial charge is 0.240 e. The van der Waals surface area contributed by atoms with Crippen LogP contribution >= 0.6 is 11.3 Å². The molecule has 186 valence electrons. The molecule has 0 spiro atoms. The van der Waals surface area contributed by atoms with Crippen LogP contribution in [0.3, 0.4) is 0 Å². The third-order valence-corrected chi connectivity index (χ3v) is 6.02. The Balaban J connectivity index is 0.00000103. The number of fused-ring (bicyclic) bond motifs is 1. The van der Waals surface area contributed by atoms with Crippen molar-refractivity contribution in [1.29, 1.82) is 0 Å². The molecule has 0 bridgehead atoms. The molecule has 0 aliphatic rings. The van der Waals surface area contributed by atoms with Gasteiger partial charge in [-0.2, -0.15) is 0 Å². The second-order valence-corrected chi connectivity index (χ2v) is 9.56. The monoisotopic (exact) mass is 489 g/mol. The first-order chi connectivity index (χ1) is 16.9. The van der Waals surface area contributed by atoms with Crippen LogP contribution in [0.5, 0.6) is 5.88 Å². The largest absolute Gasteiger partial charge is 0.479 e. The summed E-state index contributed by atoms with van der Waals surface area (Å²) in [6.45, 7) is 14.6. The van der Waals surface area contributed by atoms with Gasteiger partial charge in [-0.1, -0.05) is 84.0 Å². The molecule has 0 radical (unpaired) electrons. The summed E-state index contributed by atoms with van der Waals surface area (Å²) in [5.41, 5.74) is 5.92. The molecular weight excluding hydrogens is 450 g/mol. The van der Waals surface area contributed by atoms with Crippen molar-refractivity contribution in [2.75, 3.05) is 7.11 Å². The van der Waals surface area contributed by atoms with Crippen molar-refractivity contribution in [3.8, 4) is 17.1 Å². The molecule has 4 nitrogen and oxygen atoms in total. The molecule has 2 heterocycles. The van der Waals surface area contributed by atoms with Gasteiger partial charge in [0.1, 0.15) is 5.69 Å². The number of thiazole rings is 1. The predicted octanol–water partition coefficient (Wildman–Crippen LogP) is 8.79. The lowest BCUT2D eigenvalue weighted by molar-refractivity contribution is 0.366. The lowest BCUT2D eigenvalue weighted by atomic mass is 9.84. The molecule has 0 amide bonds. The van der Waals surface area contributed by atoms with E-state index < -0.39 is 0 Å². The van der Waals surface area contributed by atoms with Crippen molar-refractivity contribution in [2.45, 2.75) is 61.3 Å². The Morgan fingerprint density at radius 1 is 0.914 bits per heavy atom. The highest BCUT2D eigenvalue weighted by Gasteiger charge is 2.18. The topological polar surface area (TPSA) is 47.9 Å². The number of aryl methyl sites for hydroxylation is 1. The minimum atomic E-state index is 0.154. The molecule has 0 fully saturated rings. The Bertz CT molecular complexity index is 1230. The van der Waals surface area contributed by atoms with E-state index in [0.29, 0.717) is 5.88 Å². The first-order valence-electron chi connectivity index (χ1n) is 12.4. The van der Waals surface area contributed by atoms with Crippen LogP contribution < -0.4 is 4.74 Å². The highest BCUT2D eigenvalue weighted by Crippen LogP contribution is 2.30. The van der Waals surface area contributed by atoms with E-state index >= 15 is 0 Å².